The number of hydrogen-bond donors (Lipinski definition) is 1. The van der Waals surface area contributed by atoms with Gasteiger partial charge >= 0.3 is 11.9 Å². The summed E-state index contributed by atoms with van der Waals surface area (Å²) in [6.07, 6.45) is 3.03. The molecule has 0 aromatic carbocycles. The third-order valence-corrected chi connectivity index (χ3v) is 2.75. The summed E-state index contributed by atoms with van der Waals surface area (Å²) >= 11 is 0. The number of carboxylic acids is 1. The molecule has 18 heavy (non-hydrogen) atoms. The molecule has 0 radical (unpaired) electrons. The Morgan fingerprint density at radius 2 is 2.00 bits per heavy atom. The standard InChI is InChI=1S/C12H18N2O4/c1-4-8(5-2)14-7-9(11(15)16)10(13-14)12(17)18-6-3/h7-8H,4-6H2,1-3H3,(H,15,16). The largest absolute Gasteiger partial charge is 0.478 e. The molecule has 0 aliphatic carbocycles. The van der Waals surface area contributed by atoms with E-state index >= 15 is 0 Å². The minimum Gasteiger partial charge on any atom is -0.478 e. The molecule has 0 saturated heterocycles. The Balaban J connectivity index is 3.16. The predicted molar refractivity (Wildman–Crippen MR) is 64.8 cm³/mol. The molecule has 0 unspecified atom stereocenters. The van der Waals surface area contributed by atoms with Crippen LogP contribution in [0.25, 0.3) is 0 Å². The number of esters is 1. The van der Waals surface area contributed by atoms with Crippen molar-refractivity contribution in [2.75, 3.05) is 6.61 Å². The molecule has 0 bridgehead atoms. The zero-order valence-corrected chi connectivity index (χ0v) is 10.8. The topological polar surface area (TPSA) is 81.4 Å². The average Bonchev–Trinajstić information content (AvgIpc) is 2.76. The maximum atomic E-state index is 11.6. The summed E-state index contributed by atoms with van der Waals surface area (Å²) in [5.41, 5.74) is -0.239. The van der Waals surface area contributed by atoms with E-state index in [1.807, 2.05) is 13.8 Å². The molecule has 0 atom stereocenters. The number of hydrogen-bond acceptors (Lipinski definition) is 4. The second-order valence-corrected chi connectivity index (χ2v) is 3.87. The first-order valence-corrected chi connectivity index (χ1v) is 6.04. The maximum absolute atomic E-state index is 11.6. The number of ether oxygens (including phenoxy) is 1. The minimum atomic E-state index is -1.17. The van der Waals surface area contributed by atoms with Gasteiger partial charge in [-0.15, -0.1) is 0 Å². The molecule has 1 heterocycles. The Bertz CT molecular complexity index is 435. The van der Waals surface area contributed by atoms with Gasteiger partial charge in [0.1, 0.15) is 5.56 Å². The fourth-order valence-electron chi connectivity index (χ4n) is 1.75. The van der Waals surface area contributed by atoms with Crippen LogP contribution in [0.1, 0.15) is 60.5 Å². The Kier molecular flexibility index (Phi) is 4.88. The van der Waals surface area contributed by atoms with E-state index in [4.69, 9.17) is 9.84 Å². The summed E-state index contributed by atoms with van der Waals surface area (Å²) in [5.74, 6) is -1.87. The Hall–Kier alpha value is -1.85. The quantitative estimate of drug-likeness (QED) is 0.786. The van der Waals surface area contributed by atoms with Gasteiger partial charge in [0.25, 0.3) is 0 Å². The zero-order valence-electron chi connectivity index (χ0n) is 10.8. The number of aromatic carboxylic acids is 1. The van der Waals surface area contributed by atoms with Crippen LogP contribution in [0.4, 0.5) is 0 Å². The van der Waals surface area contributed by atoms with Crippen LogP contribution in [0.15, 0.2) is 6.20 Å². The van der Waals surface area contributed by atoms with Crippen LogP contribution in [0.5, 0.6) is 0 Å². The molecule has 0 spiro atoms. The lowest BCUT2D eigenvalue weighted by Gasteiger charge is -2.12. The first-order valence-electron chi connectivity index (χ1n) is 6.04. The summed E-state index contributed by atoms with van der Waals surface area (Å²) in [6.45, 7) is 5.83. The Morgan fingerprint density at radius 3 is 2.44 bits per heavy atom. The predicted octanol–water partition coefficient (Wildman–Crippen LogP) is 2.12. The van der Waals surface area contributed by atoms with Gasteiger partial charge in [0.15, 0.2) is 5.69 Å². The summed E-state index contributed by atoms with van der Waals surface area (Å²) < 4.78 is 6.34. The van der Waals surface area contributed by atoms with Crippen molar-refractivity contribution in [2.24, 2.45) is 0 Å². The molecule has 0 aliphatic rings. The monoisotopic (exact) mass is 254 g/mol. The van der Waals surface area contributed by atoms with Gasteiger partial charge in [-0.05, 0) is 19.8 Å². The van der Waals surface area contributed by atoms with Crippen molar-refractivity contribution in [1.29, 1.82) is 0 Å². The SMILES string of the molecule is CCOC(=O)c1nn(C(CC)CC)cc1C(=O)O. The molecular formula is C12H18N2O4. The van der Waals surface area contributed by atoms with E-state index in [1.165, 1.54) is 10.9 Å². The molecule has 1 aromatic heterocycles. The van der Waals surface area contributed by atoms with Crippen LogP contribution in [-0.4, -0.2) is 33.4 Å². The Labute approximate surface area is 106 Å². The smallest absolute Gasteiger partial charge is 0.359 e. The van der Waals surface area contributed by atoms with Crippen molar-refractivity contribution in [3.05, 3.63) is 17.5 Å². The average molecular weight is 254 g/mol. The van der Waals surface area contributed by atoms with Crippen molar-refractivity contribution < 1.29 is 19.4 Å². The van der Waals surface area contributed by atoms with E-state index in [-0.39, 0.29) is 23.9 Å². The second kappa shape index (κ2) is 6.18. The van der Waals surface area contributed by atoms with Gasteiger partial charge in [-0.1, -0.05) is 13.8 Å². The summed E-state index contributed by atoms with van der Waals surface area (Å²) in [5, 5.41) is 13.1. The fourth-order valence-corrected chi connectivity index (χ4v) is 1.75. The van der Waals surface area contributed by atoms with Crippen molar-refractivity contribution >= 4 is 11.9 Å². The number of rotatable bonds is 6. The highest BCUT2D eigenvalue weighted by Crippen LogP contribution is 2.18. The molecule has 0 amide bonds. The number of carbonyl (C=O) groups excluding carboxylic acids is 1. The molecule has 100 valence electrons. The highest BCUT2D eigenvalue weighted by Gasteiger charge is 2.24. The van der Waals surface area contributed by atoms with Gasteiger partial charge in [0.05, 0.1) is 12.6 Å². The molecule has 1 N–H and O–H groups in total. The molecule has 0 aliphatic heterocycles. The van der Waals surface area contributed by atoms with Crippen LogP contribution in [0.2, 0.25) is 0 Å². The first-order chi connectivity index (χ1) is 8.54. The normalized spacial score (nSPS) is 10.7. The van der Waals surface area contributed by atoms with Crippen LogP contribution >= 0.6 is 0 Å². The van der Waals surface area contributed by atoms with Crippen molar-refractivity contribution in [3.63, 3.8) is 0 Å². The molecular weight excluding hydrogens is 236 g/mol. The van der Waals surface area contributed by atoms with Gasteiger partial charge < -0.3 is 9.84 Å². The third-order valence-electron chi connectivity index (χ3n) is 2.75. The number of aromatic nitrogens is 2. The number of carboxylic acid groups (broad SMARTS) is 1. The van der Waals surface area contributed by atoms with Gasteiger partial charge in [0, 0.05) is 6.20 Å². The number of nitrogens with zero attached hydrogens (tertiary/aromatic N) is 2. The zero-order chi connectivity index (χ0) is 13.7. The maximum Gasteiger partial charge on any atom is 0.359 e. The first kappa shape index (κ1) is 14.2. The lowest BCUT2D eigenvalue weighted by Crippen LogP contribution is -2.12. The summed E-state index contributed by atoms with van der Waals surface area (Å²) in [7, 11) is 0. The lowest BCUT2D eigenvalue weighted by molar-refractivity contribution is 0.0507. The van der Waals surface area contributed by atoms with Gasteiger partial charge in [-0.3, -0.25) is 4.68 Å². The highest BCUT2D eigenvalue weighted by molar-refractivity contribution is 6.00. The second-order valence-electron chi connectivity index (χ2n) is 3.87. The van der Waals surface area contributed by atoms with Crippen LogP contribution < -0.4 is 0 Å². The molecule has 6 heteroatoms. The fraction of sp³-hybridized carbons (Fsp3) is 0.583. The minimum absolute atomic E-state index is 0.0891. The third kappa shape index (κ3) is 2.88. The van der Waals surface area contributed by atoms with E-state index in [0.29, 0.717) is 0 Å². The van der Waals surface area contributed by atoms with Crippen LogP contribution in [0.3, 0.4) is 0 Å². The van der Waals surface area contributed by atoms with Gasteiger partial charge in [0.2, 0.25) is 0 Å². The van der Waals surface area contributed by atoms with Crippen molar-refractivity contribution in [3.8, 4) is 0 Å². The number of carbonyl (C=O) groups is 2. The van der Waals surface area contributed by atoms with E-state index in [9.17, 15) is 9.59 Å². The highest BCUT2D eigenvalue weighted by atomic mass is 16.5. The van der Waals surface area contributed by atoms with Crippen molar-refractivity contribution in [2.45, 2.75) is 39.7 Å². The van der Waals surface area contributed by atoms with E-state index in [1.54, 1.807) is 6.92 Å². The van der Waals surface area contributed by atoms with Gasteiger partial charge in [-0.2, -0.15) is 5.10 Å². The Morgan fingerprint density at radius 1 is 1.39 bits per heavy atom. The van der Waals surface area contributed by atoms with Crippen LogP contribution in [-0.2, 0) is 4.74 Å². The van der Waals surface area contributed by atoms with E-state index in [0.717, 1.165) is 12.8 Å². The molecule has 6 nitrogen and oxygen atoms in total. The van der Waals surface area contributed by atoms with E-state index < -0.39 is 11.9 Å². The van der Waals surface area contributed by atoms with Crippen molar-refractivity contribution in [1.82, 2.24) is 9.78 Å². The molecule has 1 aromatic rings. The van der Waals surface area contributed by atoms with Crippen LogP contribution in [0, 0.1) is 0 Å². The molecule has 0 fully saturated rings. The molecule has 0 saturated carbocycles. The van der Waals surface area contributed by atoms with E-state index in [2.05, 4.69) is 5.10 Å². The molecule has 1 rings (SSSR count). The lowest BCUT2D eigenvalue weighted by atomic mass is 10.2. The summed E-state index contributed by atoms with van der Waals surface area (Å²) in [4.78, 5) is 22.7. The van der Waals surface area contributed by atoms with Gasteiger partial charge in [-0.25, -0.2) is 9.59 Å². The summed E-state index contributed by atoms with van der Waals surface area (Å²) in [6, 6.07) is 0.0891.